The van der Waals surface area contributed by atoms with Crippen molar-refractivity contribution < 1.29 is 13.2 Å². The van der Waals surface area contributed by atoms with E-state index in [1.54, 1.807) is 18.2 Å². The summed E-state index contributed by atoms with van der Waals surface area (Å²) in [4.78, 5) is 12.0. The van der Waals surface area contributed by atoms with Crippen LogP contribution >= 0.6 is 0 Å². The first kappa shape index (κ1) is 13.1. The number of sulfonamides is 1. The molecule has 0 saturated heterocycles. The molecular formula is C15H15NO3S. The van der Waals surface area contributed by atoms with Crippen LogP contribution in [0, 0.1) is 11.8 Å². The summed E-state index contributed by atoms with van der Waals surface area (Å²) in [7, 11) is -3.81. The molecule has 3 rings (SSSR count). The normalized spacial score (nSPS) is 21.6. The fourth-order valence-corrected chi connectivity index (χ4v) is 3.64. The maximum atomic E-state index is 12.4. The minimum absolute atomic E-state index is 0.150. The monoisotopic (exact) mass is 289 g/mol. The highest BCUT2D eigenvalue weighted by Crippen LogP contribution is 2.38. The molecule has 0 bridgehead atoms. The summed E-state index contributed by atoms with van der Waals surface area (Å²) in [5, 5.41) is 1.46. The molecule has 5 heteroatoms. The summed E-state index contributed by atoms with van der Waals surface area (Å²) >= 11 is 0. The summed E-state index contributed by atoms with van der Waals surface area (Å²) < 4.78 is 26.9. The Labute approximate surface area is 117 Å². The van der Waals surface area contributed by atoms with E-state index >= 15 is 0 Å². The Kier molecular flexibility index (Phi) is 3.01. The minimum Gasteiger partial charge on any atom is -0.274 e. The van der Waals surface area contributed by atoms with Gasteiger partial charge >= 0.3 is 0 Å². The van der Waals surface area contributed by atoms with E-state index in [0.29, 0.717) is 5.39 Å². The van der Waals surface area contributed by atoms with Crippen LogP contribution in [0.25, 0.3) is 10.8 Å². The molecule has 1 fully saturated rings. The zero-order valence-corrected chi connectivity index (χ0v) is 11.9. The second-order valence-electron chi connectivity index (χ2n) is 5.27. The highest BCUT2D eigenvalue weighted by Gasteiger charge is 2.40. The van der Waals surface area contributed by atoms with Gasteiger partial charge in [0.25, 0.3) is 10.0 Å². The van der Waals surface area contributed by atoms with E-state index in [0.717, 1.165) is 11.8 Å². The number of hydrogen-bond donors (Lipinski definition) is 1. The van der Waals surface area contributed by atoms with Gasteiger partial charge in [0.15, 0.2) is 0 Å². The van der Waals surface area contributed by atoms with E-state index in [9.17, 15) is 13.2 Å². The smallest absolute Gasteiger partial charge is 0.264 e. The predicted octanol–water partition coefficient (Wildman–Crippen LogP) is 2.30. The van der Waals surface area contributed by atoms with Gasteiger partial charge in [-0.15, -0.1) is 0 Å². The minimum atomic E-state index is -3.81. The van der Waals surface area contributed by atoms with Crippen molar-refractivity contribution in [3.05, 3.63) is 42.5 Å². The molecule has 0 unspecified atom stereocenters. The Morgan fingerprint density at radius 3 is 2.50 bits per heavy atom. The maximum absolute atomic E-state index is 12.4. The quantitative estimate of drug-likeness (QED) is 0.943. The lowest BCUT2D eigenvalue weighted by molar-refractivity contribution is -0.120. The SMILES string of the molecule is C[C@H]1C[C@H]1C(=O)NS(=O)(=O)c1cccc2ccccc12. The van der Waals surface area contributed by atoms with Crippen molar-refractivity contribution in [2.24, 2.45) is 11.8 Å². The molecule has 0 spiro atoms. The standard InChI is InChI=1S/C15H15NO3S/c1-10-9-13(10)15(17)16-20(18,19)14-8-4-6-11-5-2-3-7-12(11)14/h2-8,10,13H,9H2,1H3,(H,16,17)/t10-,13+/m0/s1. The Morgan fingerprint density at radius 1 is 1.15 bits per heavy atom. The summed E-state index contributed by atoms with van der Waals surface area (Å²) in [5.74, 6) is -0.289. The average Bonchev–Trinajstić information content (AvgIpc) is 3.15. The van der Waals surface area contributed by atoms with E-state index in [4.69, 9.17) is 0 Å². The Bertz CT molecular complexity index is 777. The number of rotatable bonds is 3. The first-order chi connectivity index (χ1) is 9.49. The maximum Gasteiger partial charge on any atom is 0.264 e. The van der Waals surface area contributed by atoms with Gasteiger partial charge in [-0.2, -0.15) is 0 Å². The molecular weight excluding hydrogens is 274 g/mol. The van der Waals surface area contributed by atoms with Crippen LogP contribution in [-0.4, -0.2) is 14.3 Å². The zero-order chi connectivity index (χ0) is 14.3. The molecule has 1 saturated carbocycles. The third kappa shape index (κ3) is 2.29. The fourth-order valence-electron chi connectivity index (χ4n) is 2.38. The molecule has 4 nitrogen and oxygen atoms in total. The lowest BCUT2D eigenvalue weighted by Gasteiger charge is -2.09. The van der Waals surface area contributed by atoms with E-state index in [1.165, 1.54) is 6.07 Å². The van der Waals surface area contributed by atoms with Gasteiger partial charge in [0.1, 0.15) is 0 Å². The molecule has 20 heavy (non-hydrogen) atoms. The van der Waals surface area contributed by atoms with Crippen molar-refractivity contribution in [3.63, 3.8) is 0 Å². The van der Waals surface area contributed by atoms with Crippen LogP contribution in [0.4, 0.5) is 0 Å². The van der Waals surface area contributed by atoms with Gasteiger partial charge in [-0.25, -0.2) is 13.1 Å². The van der Waals surface area contributed by atoms with Crippen molar-refractivity contribution in [2.45, 2.75) is 18.2 Å². The highest BCUT2D eigenvalue weighted by molar-refractivity contribution is 7.90. The van der Waals surface area contributed by atoms with Crippen molar-refractivity contribution in [1.29, 1.82) is 0 Å². The van der Waals surface area contributed by atoms with E-state index in [-0.39, 0.29) is 16.7 Å². The number of benzene rings is 2. The van der Waals surface area contributed by atoms with Crippen LogP contribution in [-0.2, 0) is 14.8 Å². The molecule has 2 aromatic rings. The van der Waals surface area contributed by atoms with Gasteiger partial charge in [0.05, 0.1) is 4.90 Å². The predicted molar refractivity (Wildman–Crippen MR) is 76.5 cm³/mol. The Hall–Kier alpha value is -1.88. The van der Waals surface area contributed by atoms with Gasteiger partial charge in [-0.05, 0) is 23.8 Å². The van der Waals surface area contributed by atoms with E-state index in [1.807, 2.05) is 25.1 Å². The molecule has 2 atom stereocenters. The number of nitrogens with one attached hydrogen (secondary N) is 1. The second kappa shape index (κ2) is 4.59. The number of carbonyl (C=O) groups is 1. The number of amides is 1. The van der Waals surface area contributed by atoms with Crippen LogP contribution in [0.3, 0.4) is 0 Å². The number of hydrogen-bond acceptors (Lipinski definition) is 3. The molecule has 2 aromatic carbocycles. The lowest BCUT2D eigenvalue weighted by Crippen LogP contribution is -2.32. The van der Waals surface area contributed by atoms with Crippen molar-refractivity contribution in [1.82, 2.24) is 4.72 Å². The molecule has 104 valence electrons. The molecule has 1 N–H and O–H groups in total. The average molecular weight is 289 g/mol. The fraction of sp³-hybridized carbons (Fsp3) is 0.267. The van der Waals surface area contributed by atoms with Gasteiger partial charge in [-0.1, -0.05) is 43.3 Å². The molecule has 1 amide bonds. The topological polar surface area (TPSA) is 63.2 Å². The summed E-state index contributed by atoms with van der Waals surface area (Å²) in [6.07, 6.45) is 0.761. The second-order valence-corrected chi connectivity index (χ2v) is 6.92. The number of fused-ring (bicyclic) bond motifs is 1. The molecule has 0 aliphatic heterocycles. The largest absolute Gasteiger partial charge is 0.274 e. The van der Waals surface area contributed by atoms with Crippen LogP contribution in [0.5, 0.6) is 0 Å². The van der Waals surface area contributed by atoms with E-state index < -0.39 is 15.9 Å². The van der Waals surface area contributed by atoms with Crippen molar-refractivity contribution in [3.8, 4) is 0 Å². The lowest BCUT2D eigenvalue weighted by atomic mass is 10.1. The van der Waals surface area contributed by atoms with Crippen LogP contribution < -0.4 is 4.72 Å². The number of carbonyl (C=O) groups excluding carboxylic acids is 1. The van der Waals surface area contributed by atoms with Gasteiger partial charge in [0, 0.05) is 11.3 Å². The third-order valence-corrected chi connectivity index (χ3v) is 5.13. The zero-order valence-electron chi connectivity index (χ0n) is 11.0. The van der Waals surface area contributed by atoms with Crippen LogP contribution in [0.15, 0.2) is 47.4 Å². The third-order valence-electron chi connectivity index (χ3n) is 3.72. The first-order valence-corrected chi connectivity index (χ1v) is 8.02. The van der Waals surface area contributed by atoms with Gasteiger partial charge in [-0.3, -0.25) is 4.79 Å². The molecule has 1 aliphatic carbocycles. The molecule has 1 aliphatic rings. The van der Waals surface area contributed by atoms with Gasteiger partial charge in [0.2, 0.25) is 5.91 Å². The molecule has 0 aromatic heterocycles. The van der Waals surface area contributed by atoms with E-state index in [2.05, 4.69) is 4.72 Å². The Balaban J connectivity index is 1.99. The Morgan fingerprint density at radius 2 is 1.80 bits per heavy atom. The summed E-state index contributed by atoms with van der Waals surface area (Å²) in [5.41, 5.74) is 0. The summed E-state index contributed by atoms with van der Waals surface area (Å²) in [6.45, 7) is 1.94. The molecule has 0 radical (unpaired) electrons. The van der Waals surface area contributed by atoms with Crippen molar-refractivity contribution in [2.75, 3.05) is 0 Å². The highest BCUT2D eigenvalue weighted by atomic mass is 32.2. The van der Waals surface area contributed by atoms with Crippen LogP contribution in [0.2, 0.25) is 0 Å². The summed E-state index contributed by atoms with van der Waals surface area (Å²) in [6, 6.07) is 12.3. The van der Waals surface area contributed by atoms with Crippen molar-refractivity contribution >= 4 is 26.7 Å². The molecule has 0 heterocycles. The first-order valence-electron chi connectivity index (χ1n) is 6.53. The van der Waals surface area contributed by atoms with Crippen LogP contribution in [0.1, 0.15) is 13.3 Å². The van der Waals surface area contributed by atoms with Gasteiger partial charge < -0.3 is 0 Å².